The second-order valence-corrected chi connectivity index (χ2v) is 4.67. The Morgan fingerprint density at radius 2 is 2.20 bits per heavy atom. The highest BCUT2D eigenvalue weighted by Gasteiger charge is 2.36. The molecule has 5 nitrogen and oxygen atoms in total. The second kappa shape index (κ2) is 5.64. The van der Waals surface area contributed by atoms with Gasteiger partial charge in [-0.05, 0) is 13.0 Å². The van der Waals surface area contributed by atoms with Gasteiger partial charge in [0.05, 0.1) is 12.2 Å². The van der Waals surface area contributed by atoms with Gasteiger partial charge in [0, 0.05) is 19.0 Å². The van der Waals surface area contributed by atoms with Crippen molar-refractivity contribution in [3.8, 4) is 5.88 Å². The molecule has 20 heavy (non-hydrogen) atoms. The molecule has 1 amide bonds. The van der Waals surface area contributed by atoms with Crippen LogP contribution in [0.25, 0.3) is 0 Å². The average Bonchev–Trinajstić information content (AvgIpc) is 2.79. The van der Waals surface area contributed by atoms with E-state index in [-0.39, 0.29) is 19.2 Å². The molecule has 1 aliphatic rings. The number of hydrogen-bond acceptors (Lipinski definition) is 4. The summed E-state index contributed by atoms with van der Waals surface area (Å²) in [4.78, 5) is 12.6. The maximum absolute atomic E-state index is 12.1. The molecule has 110 valence electrons. The molecule has 0 spiro atoms. The lowest BCUT2D eigenvalue weighted by Gasteiger charge is -2.17. The molecule has 0 aliphatic carbocycles. The Kier molecular flexibility index (Phi) is 4.10. The first-order valence-corrected chi connectivity index (χ1v) is 6.15. The van der Waals surface area contributed by atoms with E-state index in [1.165, 1.54) is 4.90 Å². The summed E-state index contributed by atoms with van der Waals surface area (Å²) in [5, 5.41) is 7.63. The number of aryl methyl sites for hydroxylation is 1. The van der Waals surface area contributed by atoms with Gasteiger partial charge in [-0.3, -0.25) is 4.79 Å². The van der Waals surface area contributed by atoms with E-state index in [1.54, 1.807) is 19.1 Å². The van der Waals surface area contributed by atoms with Gasteiger partial charge in [0.25, 0.3) is 0 Å². The van der Waals surface area contributed by atoms with Gasteiger partial charge in [0.1, 0.15) is 12.5 Å². The number of halogens is 3. The summed E-state index contributed by atoms with van der Waals surface area (Å²) < 4.78 is 41.9. The van der Waals surface area contributed by atoms with Gasteiger partial charge in [-0.2, -0.15) is 18.3 Å². The van der Waals surface area contributed by atoms with E-state index in [2.05, 4.69) is 10.2 Å². The fraction of sp³-hybridized carbons (Fsp3) is 0.583. The summed E-state index contributed by atoms with van der Waals surface area (Å²) in [6.45, 7) is 2.19. The molecule has 1 aromatic heterocycles. The van der Waals surface area contributed by atoms with Gasteiger partial charge in [-0.25, -0.2) is 0 Å². The molecule has 0 aromatic carbocycles. The van der Waals surface area contributed by atoms with Gasteiger partial charge in [-0.15, -0.1) is 5.10 Å². The van der Waals surface area contributed by atoms with Crippen LogP contribution in [0.2, 0.25) is 0 Å². The first-order valence-electron chi connectivity index (χ1n) is 6.15. The molecule has 1 fully saturated rings. The van der Waals surface area contributed by atoms with E-state index >= 15 is 0 Å². The first-order chi connectivity index (χ1) is 9.33. The van der Waals surface area contributed by atoms with E-state index in [4.69, 9.17) is 4.74 Å². The number of carbonyl (C=O) groups is 1. The molecule has 0 N–H and O–H groups in total. The Morgan fingerprint density at radius 1 is 1.45 bits per heavy atom. The zero-order valence-electron chi connectivity index (χ0n) is 10.9. The Hall–Kier alpha value is -1.86. The Labute approximate surface area is 113 Å². The van der Waals surface area contributed by atoms with Crippen molar-refractivity contribution in [3.05, 3.63) is 17.8 Å². The molecule has 2 rings (SSSR count). The number of hydrogen-bond donors (Lipinski definition) is 0. The van der Waals surface area contributed by atoms with Gasteiger partial charge in [-0.1, -0.05) is 0 Å². The lowest BCUT2D eigenvalue weighted by molar-refractivity contribution is -0.160. The standard InChI is InChI=1S/C12H14F3N3O2/c1-8-2-3-10(17-16-8)20-9-4-5-18(7-9)11(19)6-12(13,14)15/h2-3,9H,4-7H2,1H3. The lowest BCUT2D eigenvalue weighted by Crippen LogP contribution is -2.34. The van der Waals surface area contributed by atoms with Crippen LogP contribution in [-0.4, -0.2) is 46.4 Å². The summed E-state index contributed by atoms with van der Waals surface area (Å²) in [6, 6.07) is 3.37. The second-order valence-electron chi connectivity index (χ2n) is 4.67. The third-order valence-electron chi connectivity index (χ3n) is 2.91. The van der Waals surface area contributed by atoms with Crippen molar-refractivity contribution >= 4 is 5.91 Å². The fourth-order valence-electron chi connectivity index (χ4n) is 1.95. The van der Waals surface area contributed by atoms with Crippen LogP contribution in [-0.2, 0) is 4.79 Å². The molecule has 0 bridgehead atoms. The molecular formula is C12H14F3N3O2. The van der Waals surface area contributed by atoms with Crippen LogP contribution in [0.4, 0.5) is 13.2 Å². The van der Waals surface area contributed by atoms with E-state index in [0.29, 0.717) is 12.3 Å². The average molecular weight is 289 g/mol. The van der Waals surface area contributed by atoms with Crippen molar-refractivity contribution in [1.82, 2.24) is 15.1 Å². The van der Waals surface area contributed by atoms with Gasteiger partial charge >= 0.3 is 6.18 Å². The van der Waals surface area contributed by atoms with Crippen molar-refractivity contribution in [3.63, 3.8) is 0 Å². The predicted octanol–water partition coefficient (Wildman–Crippen LogP) is 1.72. The number of rotatable bonds is 3. The summed E-state index contributed by atoms with van der Waals surface area (Å²) in [5.74, 6) is -0.607. The third-order valence-corrected chi connectivity index (χ3v) is 2.91. The smallest absolute Gasteiger partial charge is 0.397 e. The van der Waals surface area contributed by atoms with Crippen LogP contribution in [0.1, 0.15) is 18.5 Å². The minimum Gasteiger partial charge on any atom is -0.471 e. The van der Waals surface area contributed by atoms with Crippen LogP contribution in [0.3, 0.4) is 0 Å². The summed E-state index contributed by atoms with van der Waals surface area (Å²) >= 11 is 0. The summed E-state index contributed by atoms with van der Waals surface area (Å²) in [7, 11) is 0. The summed E-state index contributed by atoms with van der Waals surface area (Å²) in [5.41, 5.74) is 0.741. The molecule has 0 radical (unpaired) electrons. The molecular weight excluding hydrogens is 275 g/mol. The normalized spacial score (nSPS) is 19.2. The van der Waals surface area contributed by atoms with Crippen molar-refractivity contribution in [2.45, 2.75) is 32.0 Å². The molecule has 1 aliphatic heterocycles. The monoisotopic (exact) mass is 289 g/mol. The molecule has 0 saturated carbocycles. The molecule has 2 heterocycles. The minimum atomic E-state index is -4.47. The van der Waals surface area contributed by atoms with E-state index < -0.39 is 18.5 Å². The van der Waals surface area contributed by atoms with Gasteiger partial charge < -0.3 is 9.64 Å². The molecule has 1 unspecified atom stereocenters. The molecule has 1 saturated heterocycles. The first kappa shape index (κ1) is 14.5. The SMILES string of the molecule is Cc1ccc(OC2CCN(C(=O)CC(F)(F)F)C2)nn1. The fourth-order valence-corrected chi connectivity index (χ4v) is 1.95. The zero-order chi connectivity index (χ0) is 14.8. The van der Waals surface area contributed by atoms with Crippen LogP contribution in [0, 0.1) is 6.92 Å². The molecule has 8 heteroatoms. The van der Waals surface area contributed by atoms with E-state index in [0.717, 1.165) is 5.69 Å². The molecule has 1 atom stereocenters. The largest absolute Gasteiger partial charge is 0.471 e. The maximum atomic E-state index is 12.1. The predicted molar refractivity (Wildman–Crippen MR) is 63.1 cm³/mol. The molecule has 1 aromatic rings. The van der Waals surface area contributed by atoms with Crippen molar-refractivity contribution < 1.29 is 22.7 Å². The van der Waals surface area contributed by atoms with Crippen LogP contribution in [0.15, 0.2) is 12.1 Å². The Balaban J connectivity index is 1.86. The van der Waals surface area contributed by atoms with Gasteiger partial charge in [0.15, 0.2) is 0 Å². The minimum absolute atomic E-state index is 0.143. The number of carbonyl (C=O) groups excluding carboxylic acids is 1. The van der Waals surface area contributed by atoms with Crippen molar-refractivity contribution in [2.24, 2.45) is 0 Å². The Bertz CT molecular complexity index is 476. The van der Waals surface area contributed by atoms with Crippen molar-refractivity contribution in [2.75, 3.05) is 13.1 Å². The number of aromatic nitrogens is 2. The number of nitrogens with zero attached hydrogens (tertiary/aromatic N) is 3. The lowest BCUT2D eigenvalue weighted by atomic mass is 10.3. The highest BCUT2D eigenvalue weighted by Crippen LogP contribution is 2.23. The number of amides is 1. The van der Waals surface area contributed by atoms with Crippen LogP contribution < -0.4 is 4.74 Å². The van der Waals surface area contributed by atoms with Crippen molar-refractivity contribution in [1.29, 1.82) is 0 Å². The highest BCUT2D eigenvalue weighted by molar-refractivity contribution is 5.77. The van der Waals surface area contributed by atoms with E-state index in [1.807, 2.05) is 0 Å². The maximum Gasteiger partial charge on any atom is 0.397 e. The number of alkyl halides is 3. The van der Waals surface area contributed by atoms with Crippen LogP contribution in [0.5, 0.6) is 5.88 Å². The highest BCUT2D eigenvalue weighted by atomic mass is 19.4. The number of ether oxygens (including phenoxy) is 1. The Morgan fingerprint density at radius 3 is 2.80 bits per heavy atom. The van der Waals surface area contributed by atoms with E-state index in [9.17, 15) is 18.0 Å². The summed E-state index contributed by atoms with van der Waals surface area (Å²) in [6.07, 6.45) is -5.76. The third kappa shape index (κ3) is 4.07. The van der Waals surface area contributed by atoms with Gasteiger partial charge in [0.2, 0.25) is 11.8 Å². The quantitative estimate of drug-likeness (QED) is 0.850. The topological polar surface area (TPSA) is 55.3 Å². The zero-order valence-corrected chi connectivity index (χ0v) is 10.9. The number of likely N-dealkylation sites (tertiary alicyclic amines) is 1. The van der Waals surface area contributed by atoms with Crippen LogP contribution >= 0.6 is 0 Å².